The van der Waals surface area contributed by atoms with Gasteiger partial charge in [0.2, 0.25) is 0 Å². The standard InChI is InChI=1S/C16H24N2O4/c1-4-6-7-8-9-10-11-13(3)12-22-16(20)14(18-17)15(19)21-5-2/h9,11,13H,4-8,12H2,1-3H3. The van der Waals surface area contributed by atoms with Crippen LogP contribution in [0.1, 0.15) is 46.5 Å². The van der Waals surface area contributed by atoms with Crippen molar-refractivity contribution in [2.45, 2.75) is 46.5 Å². The molecule has 0 radical (unpaired) electrons. The Morgan fingerprint density at radius 3 is 2.50 bits per heavy atom. The summed E-state index contributed by atoms with van der Waals surface area (Å²) in [7, 11) is 0. The molecule has 0 aromatic carbocycles. The third-order valence-electron chi connectivity index (χ3n) is 2.69. The van der Waals surface area contributed by atoms with Crippen LogP contribution in [0, 0.1) is 5.92 Å². The van der Waals surface area contributed by atoms with Gasteiger partial charge in [0, 0.05) is 5.92 Å². The minimum absolute atomic E-state index is 0.0616. The molecule has 0 bridgehead atoms. The van der Waals surface area contributed by atoms with E-state index in [4.69, 9.17) is 10.3 Å². The third-order valence-corrected chi connectivity index (χ3v) is 2.69. The molecule has 122 valence electrons. The molecule has 0 saturated heterocycles. The minimum atomic E-state index is -1.01. The van der Waals surface area contributed by atoms with Gasteiger partial charge in [-0.15, -0.1) is 5.73 Å². The fraction of sp³-hybridized carbons (Fsp3) is 0.625. The number of ether oxygens (including phenoxy) is 2. The second-order valence-corrected chi connectivity index (χ2v) is 4.78. The Morgan fingerprint density at radius 2 is 1.91 bits per heavy atom. The van der Waals surface area contributed by atoms with Crippen LogP contribution >= 0.6 is 0 Å². The van der Waals surface area contributed by atoms with Crippen molar-refractivity contribution < 1.29 is 23.9 Å². The van der Waals surface area contributed by atoms with Gasteiger partial charge in [-0.2, -0.15) is 4.79 Å². The van der Waals surface area contributed by atoms with Gasteiger partial charge < -0.3 is 15.0 Å². The molecule has 0 aliphatic rings. The topological polar surface area (TPSA) is 89.0 Å². The van der Waals surface area contributed by atoms with E-state index < -0.39 is 17.7 Å². The summed E-state index contributed by atoms with van der Waals surface area (Å²) in [5.41, 5.74) is 10.9. The van der Waals surface area contributed by atoms with E-state index in [0.29, 0.717) is 0 Å². The molecule has 6 nitrogen and oxygen atoms in total. The number of esters is 2. The van der Waals surface area contributed by atoms with Crippen molar-refractivity contribution >= 4 is 17.7 Å². The van der Waals surface area contributed by atoms with Gasteiger partial charge in [0.05, 0.1) is 13.2 Å². The second kappa shape index (κ2) is 12.6. The number of hydrogen-bond acceptors (Lipinski definition) is 4. The van der Waals surface area contributed by atoms with Crippen LogP contribution in [0.2, 0.25) is 0 Å². The Balaban J connectivity index is 4.25. The lowest BCUT2D eigenvalue weighted by atomic mass is 10.2. The van der Waals surface area contributed by atoms with Crippen molar-refractivity contribution in [1.82, 2.24) is 0 Å². The first-order chi connectivity index (χ1) is 10.6. The number of carbonyl (C=O) groups is 2. The van der Waals surface area contributed by atoms with E-state index in [0.717, 1.165) is 12.8 Å². The fourth-order valence-electron chi connectivity index (χ4n) is 1.50. The average molecular weight is 308 g/mol. The van der Waals surface area contributed by atoms with Crippen LogP contribution in [0.5, 0.6) is 0 Å². The zero-order valence-electron chi connectivity index (χ0n) is 13.5. The summed E-state index contributed by atoms with van der Waals surface area (Å²) < 4.78 is 9.48. The molecule has 1 unspecified atom stereocenters. The van der Waals surface area contributed by atoms with Gasteiger partial charge in [-0.05, 0) is 31.9 Å². The average Bonchev–Trinajstić information content (AvgIpc) is 2.49. The third kappa shape index (κ3) is 8.90. The molecule has 0 amide bonds. The molecule has 0 N–H and O–H groups in total. The molecule has 1 atom stereocenters. The molecule has 0 fully saturated rings. The van der Waals surface area contributed by atoms with E-state index in [1.54, 1.807) is 13.0 Å². The highest BCUT2D eigenvalue weighted by Crippen LogP contribution is 2.01. The van der Waals surface area contributed by atoms with E-state index in [2.05, 4.69) is 22.2 Å². The van der Waals surface area contributed by atoms with Gasteiger partial charge >= 0.3 is 17.7 Å². The van der Waals surface area contributed by atoms with Crippen LogP contribution in [-0.2, 0) is 19.1 Å². The summed E-state index contributed by atoms with van der Waals surface area (Å²) in [4.78, 5) is 25.5. The summed E-state index contributed by atoms with van der Waals surface area (Å²) in [5, 5.41) is 0. The maximum absolute atomic E-state index is 11.6. The number of rotatable bonds is 10. The highest BCUT2D eigenvalue weighted by atomic mass is 16.6. The number of nitrogens with zero attached hydrogens (tertiary/aromatic N) is 2. The highest BCUT2D eigenvalue weighted by molar-refractivity contribution is 6.60. The molecular weight excluding hydrogens is 284 g/mol. The van der Waals surface area contributed by atoms with E-state index in [9.17, 15) is 9.59 Å². The molecule has 0 aliphatic heterocycles. The first-order valence-corrected chi connectivity index (χ1v) is 7.54. The highest BCUT2D eigenvalue weighted by Gasteiger charge is 2.33. The van der Waals surface area contributed by atoms with E-state index in [1.165, 1.54) is 12.8 Å². The smallest absolute Gasteiger partial charge is 0.457 e. The first kappa shape index (κ1) is 19.8. The Labute approximate surface area is 131 Å². The Morgan fingerprint density at radius 1 is 1.23 bits per heavy atom. The second-order valence-electron chi connectivity index (χ2n) is 4.78. The maximum Gasteiger partial charge on any atom is 0.482 e. The first-order valence-electron chi connectivity index (χ1n) is 7.54. The van der Waals surface area contributed by atoms with Gasteiger partial charge in [0.25, 0.3) is 0 Å². The van der Waals surface area contributed by atoms with Gasteiger partial charge in [0.15, 0.2) is 0 Å². The van der Waals surface area contributed by atoms with E-state index in [-0.39, 0.29) is 19.1 Å². The normalized spacial score (nSPS) is 10.7. The predicted octanol–water partition coefficient (Wildman–Crippen LogP) is 2.69. The van der Waals surface area contributed by atoms with Crippen LogP contribution < -0.4 is 0 Å². The summed E-state index contributed by atoms with van der Waals surface area (Å²) in [5.74, 6) is -2.07. The maximum atomic E-state index is 11.6. The lowest BCUT2D eigenvalue weighted by Crippen LogP contribution is -2.30. The van der Waals surface area contributed by atoms with Gasteiger partial charge in [-0.3, -0.25) is 0 Å². The van der Waals surface area contributed by atoms with Crippen LogP contribution in [0.3, 0.4) is 0 Å². The van der Waals surface area contributed by atoms with Crippen LogP contribution in [-0.4, -0.2) is 35.7 Å². The SMILES string of the molecule is CCCCCC=C=CC(C)COC(=O)C(=[N+]=[N-])C(=O)OCC. The molecule has 0 aliphatic carbocycles. The zero-order chi connectivity index (χ0) is 16.8. The predicted molar refractivity (Wildman–Crippen MR) is 82.2 cm³/mol. The largest absolute Gasteiger partial charge is 0.482 e. The fourth-order valence-corrected chi connectivity index (χ4v) is 1.50. The molecule has 0 saturated carbocycles. The summed E-state index contributed by atoms with van der Waals surface area (Å²) in [6, 6.07) is 0. The lowest BCUT2D eigenvalue weighted by Gasteiger charge is -2.04. The van der Waals surface area contributed by atoms with Crippen LogP contribution in [0.4, 0.5) is 0 Å². The number of hydrogen-bond donors (Lipinski definition) is 0. The summed E-state index contributed by atoms with van der Waals surface area (Å²) in [6.07, 6.45) is 8.23. The van der Waals surface area contributed by atoms with Crippen molar-refractivity contribution in [1.29, 1.82) is 0 Å². The van der Waals surface area contributed by atoms with Crippen molar-refractivity contribution in [3.8, 4) is 0 Å². The molecule has 6 heteroatoms. The minimum Gasteiger partial charge on any atom is -0.457 e. The van der Waals surface area contributed by atoms with E-state index >= 15 is 0 Å². The Hall–Kier alpha value is -2.16. The van der Waals surface area contributed by atoms with Crippen molar-refractivity contribution in [2.24, 2.45) is 5.92 Å². The zero-order valence-corrected chi connectivity index (χ0v) is 13.5. The number of unbranched alkanes of at least 4 members (excludes halogenated alkanes) is 3. The molecule has 0 rings (SSSR count). The monoisotopic (exact) mass is 308 g/mol. The lowest BCUT2D eigenvalue weighted by molar-refractivity contribution is -0.149. The summed E-state index contributed by atoms with van der Waals surface area (Å²) >= 11 is 0. The molecule has 22 heavy (non-hydrogen) atoms. The van der Waals surface area contributed by atoms with Crippen LogP contribution in [0.25, 0.3) is 5.53 Å². The molecule has 0 aromatic rings. The van der Waals surface area contributed by atoms with Gasteiger partial charge in [0.1, 0.15) is 0 Å². The molecular formula is C16H24N2O4. The van der Waals surface area contributed by atoms with Crippen molar-refractivity contribution in [3.05, 3.63) is 23.4 Å². The molecule has 0 spiro atoms. The number of carbonyl (C=O) groups excluding carboxylic acids is 2. The Bertz CT molecular complexity index is 473. The van der Waals surface area contributed by atoms with Gasteiger partial charge in [-0.1, -0.05) is 26.7 Å². The molecule has 0 aromatic heterocycles. The van der Waals surface area contributed by atoms with Gasteiger partial charge in [-0.25, -0.2) is 9.59 Å². The Kier molecular flexibility index (Phi) is 11.3. The molecule has 0 heterocycles. The summed E-state index contributed by atoms with van der Waals surface area (Å²) in [6.45, 7) is 5.72. The van der Waals surface area contributed by atoms with Crippen molar-refractivity contribution in [3.63, 3.8) is 0 Å². The van der Waals surface area contributed by atoms with Crippen molar-refractivity contribution in [2.75, 3.05) is 13.2 Å². The van der Waals surface area contributed by atoms with E-state index in [1.807, 2.05) is 13.0 Å². The quantitative estimate of drug-likeness (QED) is 0.118. The van der Waals surface area contributed by atoms with Crippen LogP contribution in [0.15, 0.2) is 17.9 Å².